The lowest BCUT2D eigenvalue weighted by Gasteiger charge is -2.35. The first-order valence-corrected chi connectivity index (χ1v) is 10.2. The molecule has 0 N–H and O–H groups in total. The Kier molecular flexibility index (Phi) is 7.46. The Labute approximate surface area is 153 Å². The topological polar surface area (TPSA) is 0 Å². The zero-order valence-corrected chi connectivity index (χ0v) is 16.5. The van der Waals surface area contributed by atoms with Gasteiger partial charge in [-0.2, -0.15) is 0 Å². The van der Waals surface area contributed by atoms with Crippen molar-refractivity contribution in [3.63, 3.8) is 0 Å². The van der Waals surface area contributed by atoms with E-state index in [9.17, 15) is 8.78 Å². The number of halogens is 2. The lowest BCUT2D eigenvalue weighted by atomic mass is 9.70. The summed E-state index contributed by atoms with van der Waals surface area (Å²) in [7, 11) is 0. The summed E-state index contributed by atoms with van der Waals surface area (Å²) in [5, 5.41) is 0. The third kappa shape index (κ3) is 5.28. The van der Waals surface area contributed by atoms with Crippen LogP contribution in [0.1, 0.15) is 72.6 Å². The van der Waals surface area contributed by atoms with Gasteiger partial charge in [0.25, 0.3) is 0 Å². The van der Waals surface area contributed by atoms with E-state index in [2.05, 4.69) is 34.3 Å². The molecule has 2 rings (SSSR count). The average Bonchev–Trinajstić information content (AvgIpc) is 2.90. The van der Waals surface area contributed by atoms with Crippen molar-refractivity contribution in [2.45, 2.75) is 78.8 Å². The SMILES string of the molecule is C=C(C1CCC(C2=C(F)C(F)C=C2)CC1)[C@H](CCCC(C)C)C(C)C. The summed E-state index contributed by atoms with van der Waals surface area (Å²) < 4.78 is 27.2. The quantitative estimate of drug-likeness (QED) is 0.396. The molecule has 0 heterocycles. The van der Waals surface area contributed by atoms with Crippen molar-refractivity contribution in [2.75, 3.05) is 0 Å². The van der Waals surface area contributed by atoms with Crippen molar-refractivity contribution < 1.29 is 8.78 Å². The fraction of sp³-hybridized carbons (Fsp3) is 0.739. The van der Waals surface area contributed by atoms with Crippen LogP contribution in [0.5, 0.6) is 0 Å². The molecule has 1 saturated carbocycles. The Balaban J connectivity index is 1.89. The highest BCUT2D eigenvalue weighted by Gasteiger charge is 2.32. The first-order valence-electron chi connectivity index (χ1n) is 10.2. The third-order valence-electron chi connectivity index (χ3n) is 6.23. The van der Waals surface area contributed by atoms with E-state index in [1.807, 2.05) is 0 Å². The van der Waals surface area contributed by atoms with E-state index in [1.165, 1.54) is 30.9 Å². The number of hydrogen-bond donors (Lipinski definition) is 0. The number of hydrogen-bond acceptors (Lipinski definition) is 0. The molecule has 0 spiro atoms. The second-order valence-electron chi connectivity index (χ2n) is 8.86. The second-order valence-corrected chi connectivity index (χ2v) is 8.86. The maximum Gasteiger partial charge on any atom is 0.170 e. The van der Waals surface area contributed by atoms with Crippen LogP contribution < -0.4 is 0 Å². The van der Waals surface area contributed by atoms with Crippen LogP contribution in [0.15, 0.2) is 35.7 Å². The molecule has 1 fully saturated rings. The van der Waals surface area contributed by atoms with Crippen molar-refractivity contribution in [1.29, 1.82) is 0 Å². The summed E-state index contributed by atoms with van der Waals surface area (Å²) in [6.07, 6.45) is 9.36. The summed E-state index contributed by atoms with van der Waals surface area (Å²) in [6, 6.07) is 0. The van der Waals surface area contributed by atoms with E-state index in [4.69, 9.17) is 0 Å². The average molecular weight is 351 g/mol. The number of rotatable bonds is 8. The van der Waals surface area contributed by atoms with Gasteiger partial charge in [-0.25, -0.2) is 8.78 Å². The fourth-order valence-electron chi connectivity index (χ4n) is 4.61. The van der Waals surface area contributed by atoms with E-state index in [0.717, 1.165) is 31.6 Å². The molecule has 0 aliphatic heterocycles. The van der Waals surface area contributed by atoms with Crippen LogP contribution in [0, 0.1) is 29.6 Å². The van der Waals surface area contributed by atoms with E-state index in [1.54, 1.807) is 6.08 Å². The predicted octanol–water partition coefficient (Wildman–Crippen LogP) is 7.58. The summed E-state index contributed by atoms with van der Waals surface area (Å²) in [4.78, 5) is 0. The summed E-state index contributed by atoms with van der Waals surface area (Å²) >= 11 is 0. The Morgan fingerprint density at radius 1 is 1.12 bits per heavy atom. The maximum atomic E-state index is 13.9. The van der Waals surface area contributed by atoms with E-state index in [-0.39, 0.29) is 5.92 Å². The molecule has 0 saturated heterocycles. The second kappa shape index (κ2) is 9.14. The lowest BCUT2D eigenvalue weighted by molar-refractivity contribution is 0.284. The van der Waals surface area contributed by atoms with E-state index in [0.29, 0.717) is 23.3 Å². The molecule has 0 aromatic rings. The molecule has 2 heteroatoms. The van der Waals surface area contributed by atoms with Crippen molar-refractivity contribution in [3.8, 4) is 0 Å². The summed E-state index contributed by atoms with van der Waals surface area (Å²) in [5.74, 6) is 2.19. The Hall–Kier alpha value is -0.920. The van der Waals surface area contributed by atoms with Crippen molar-refractivity contribution >= 4 is 0 Å². The summed E-state index contributed by atoms with van der Waals surface area (Å²) in [6.45, 7) is 13.7. The fourth-order valence-corrected chi connectivity index (χ4v) is 4.61. The van der Waals surface area contributed by atoms with Crippen LogP contribution >= 0.6 is 0 Å². The Bertz CT molecular complexity index is 504. The molecule has 0 nitrogen and oxygen atoms in total. The van der Waals surface area contributed by atoms with E-state index >= 15 is 0 Å². The van der Waals surface area contributed by atoms with Gasteiger partial charge in [-0.15, -0.1) is 0 Å². The molecule has 0 aromatic carbocycles. The monoisotopic (exact) mass is 350 g/mol. The minimum atomic E-state index is -1.51. The third-order valence-corrected chi connectivity index (χ3v) is 6.23. The maximum absolute atomic E-state index is 13.9. The van der Waals surface area contributed by atoms with Gasteiger partial charge in [0.1, 0.15) is 5.83 Å². The van der Waals surface area contributed by atoms with Crippen LogP contribution in [-0.2, 0) is 0 Å². The zero-order chi connectivity index (χ0) is 18.6. The largest absolute Gasteiger partial charge is 0.235 e. The van der Waals surface area contributed by atoms with Crippen molar-refractivity contribution in [2.24, 2.45) is 29.6 Å². The first kappa shape index (κ1) is 20.4. The Morgan fingerprint density at radius 3 is 2.24 bits per heavy atom. The van der Waals surface area contributed by atoms with Crippen LogP contribution in [0.25, 0.3) is 0 Å². The molecule has 0 bridgehead atoms. The molecule has 0 amide bonds. The Morgan fingerprint density at radius 2 is 1.76 bits per heavy atom. The minimum absolute atomic E-state index is 0.194. The van der Waals surface area contributed by atoms with Crippen LogP contribution in [0.4, 0.5) is 8.78 Å². The van der Waals surface area contributed by atoms with Crippen molar-refractivity contribution in [3.05, 3.63) is 35.7 Å². The molecule has 2 aliphatic rings. The molecule has 142 valence electrons. The summed E-state index contributed by atoms with van der Waals surface area (Å²) in [5.41, 5.74) is 2.03. The smallest absolute Gasteiger partial charge is 0.170 e. The number of allylic oxidation sites excluding steroid dienone is 5. The molecule has 1 unspecified atom stereocenters. The normalized spacial score (nSPS) is 28.2. The molecule has 0 radical (unpaired) electrons. The number of alkyl halides is 1. The highest BCUT2D eigenvalue weighted by Crippen LogP contribution is 2.43. The van der Waals surface area contributed by atoms with Gasteiger partial charge < -0.3 is 0 Å². The van der Waals surface area contributed by atoms with Gasteiger partial charge in [-0.3, -0.25) is 0 Å². The standard InChI is InChI=1S/C23H36F2/c1-15(2)7-6-8-20(16(3)4)17(5)18-9-11-19(12-10-18)21-13-14-22(24)23(21)25/h13-16,18-20,22H,5-12H2,1-4H3/t18?,19?,20-,22?/m1/s1. The first-order chi connectivity index (χ1) is 11.8. The molecule has 25 heavy (non-hydrogen) atoms. The molecule has 2 aliphatic carbocycles. The van der Waals surface area contributed by atoms with Crippen molar-refractivity contribution in [1.82, 2.24) is 0 Å². The van der Waals surface area contributed by atoms with Gasteiger partial charge >= 0.3 is 0 Å². The molecular weight excluding hydrogens is 314 g/mol. The zero-order valence-electron chi connectivity index (χ0n) is 16.5. The van der Waals surface area contributed by atoms with E-state index < -0.39 is 12.0 Å². The predicted molar refractivity (Wildman–Crippen MR) is 104 cm³/mol. The van der Waals surface area contributed by atoms with Gasteiger partial charge in [-0.05, 0) is 73.3 Å². The highest BCUT2D eigenvalue weighted by atomic mass is 19.2. The molecule has 0 aromatic heterocycles. The van der Waals surface area contributed by atoms with Gasteiger partial charge in [0.15, 0.2) is 6.17 Å². The lowest BCUT2D eigenvalue weighted by Crippen LogP contribution is -2.23. The minimum Gasteiger partial charge on any atom is -0.235 e. The van der Waals surface area contributed by atoms with Gasteiger partial charge in [0.2, 0.25) is 0 Å². The highest BCUT2D eigenvalue weighted by molar-refractivity contribution is 5.36. The molecular formula is C23H36F2. The van der Waals surface area contributed by atoms with Crippen LogP contribution in [-0.4, -0.2) is 6.17 Å². The van der Waals surface area contributed by atoms with Crippen LogP contribution in [0.3, 0.4) is 0 Å². The van der Waals surface area contributed by atoms with Crippen LogP contribution in [0.2, 0.25) is 0 Å². The molecule has 2 atom stereocenters. The van der Waals surface area contributed by atoms with Gasteiger partial charge in [0, 0.05) is 0 Å². The van der Waals surface area contributed by atoms with Gasteiger partial charge in [0.05, 0.1) is 0 Å². The van der Waals surface area contributed by atoms with Gasteiger partial charge in [-0.1, -0.05) is 58.8 Å².